The van der Waals surface area contributed by atoms with E-state index in [1.54, 1.807) is 0 Å². The molecule has 0 aliphatic rings. The van der Waals surface area contributed by atoms with Gasteiger partial charge in [-0.1, -0.05) is 223 Å². The minimum atomic E-state index is -0.671. The highest BCUT2D eigenvalue weighted by Gasteiger charge is 2.20. The number of aliphatic hydroxyl groups is 2. The summed E-state index contributed by atoms with van der Waals surface area (Å²) in [6.07, 6.45) is 63.7. The molecule has 2 atom stereocenters. The van der Waals surface area contributed by atoms with Gasteiger partial charge in [-0.15, -0.1) is 0 Å². The summed E-state index contributed by atoms with van der Waals surface area (Å²) in [6, 6.07) is -0.549. The Labute approximate surface area is 385 Å². The van der Waals surface area contributed by atoms with E-state index in [0.29, 0.717) is 25.9 Å². The van der Waals surface area contributed by atoms with Crippen LogP contribution < -0.4 is 5.32 Å². The van der Waals surface area contributed by atoms with Crippen LogP contribution in [-0.4, -0.2) is 47.4 Å². The molecule has 0 aliphatic carbocycles. The van der Waals surface area contributed by atoms with E-state index in [4.69, 9.17) is 4.74 Å². The molecule has 6 nitrogen and oxygen atoms in total. The lowest BCUT2D eigenvalue weighted by Gasteiger charge is -2.22. The molecular formula is C56H103NO5. The van der Waals surface area contributed by atoms with Crippen LogP contribution >= 0.6 is 0 Å². The molecule has 0 rings (SSSR count). The Hall–Kier alpha value is -2.18. The summed E-state index contributed by atoms with van der Waals surface area (Å²) in [6.45, 7) is 4.83. The second-order valence-corrected chi connectivity index (χ2v) is 18.2. The van der Waals surface area contributed by atoms with Crippen LogP contribution in [0, 0.1) is 0 Å². The van der Waals surface area contributed by atoms with Crippen LogP contribution in [0.3, 0.4) is 0 Å². The van der Waals surface area contributed by atoms with E-state index in [1.807, 2.05) is 0 Å². The van der Waals surface area contributed by atoms with Gasteiger partial charge in [0.1, 0.15) is 0 Å². The third-order valence-corrected chi connectivity index (χ3v) is 12.1. The minimum Gasteiger partial charge on any atom is -0.466 e. The Bertz CT molecular complexity index is 1050. The van der Waals surface area contributed by atoms with Crippen LogP contribution in [0.4, 0.5) is 0 Å². The van der Waals surface area contributed by atoms with Crippen molar-refractivity contribution in [1.29, 1.82) is 0 Å². The number of ether oxygens (including phenoxy) is 1. The lowest BCUT2D eigenvalue weighted by Crippen LogP contribution is -2.45. The van der Waals surface area contributed by atoms with Crippen LogP contribution in [-0.2, 0) is 14.3 Å². The van der Waals surface area contributed by atoms with Gasteiger partial charge in [-0.2, -0.15) is 0 Å². The average Bonchev–Trinajstić information content (AvgIpc) is 3.27. The molecule has 0 saturated heterocycles. The van der Waals surface area contributed by atoms with Crippen molar-refractivity contribution < 1.29 is 24.5 Å². The highest BCUT2D eigenvalue weighted by Crippen LogP contribution is 2.16. The van der Waals surface area contributed by atoms with E-state index in [-0.39, 0.29) is 18.5 Å². The van der Waals surface area contributed by atoms with Crippen LogP contribution in [0.15, 0.2) is 48.6 Å². The van der Waals surface area contributed by atoms with Crippen LogP contribution in [0.5, 0.6) is 0 Å². The molecule has 6 heteroatoms. The van der Waals surface area contributed by atoms with Gasteiger partial charge >= 0.3 is 5.97 Å². The second kappa shape index (κ2) is 51.5. The molecule has 0 radical (unpaired) electrons. The smallest absolute Gasteiger partial charge is 0.305 e. The molecule has 62 heavy (non-hydrogen) atoms. The predicted molar refractivity (Wildman–Crippen MR) is 269 cm³/mol. The number of carbonyl (C=O) groups is 2. The van der Waals surface area contributed by atoms with Crippen molar-refractivity contribution in [2.24, 2.45) is 0 Å². The topological polar surface area (TPSA) is 95.9 Å². The molecule has 0 bridgehead atoms. The summed E-state index contributed by atoms with van der Waals surface area (Å²) in [7, 11) is 0. The summed E-state index contributed by atoms with van der Waals surface area (Å²) in [4.78, 5) is 24.4. The Morgan fingerprint density at radius 1 is 0.468 bits per heavy atom. The molecule has 0 spiro atoms. The molecule has 0 aromatic carbocycles. The van der Waals surface area contributed by atoms with Crippen molar-refractivity contribution >= 4 is 11.9 Å². The fourth-order valence-electron chi connectivity index (χ4n) is 7.96. The van der Waals surface area contributed by atoms with Crippen molar-refractivity contribution in [3.8, 4) is 0 Å². The average molecular weight is 870 g/mol. The van der Waals surface area contributed by atoms with Gasteiger partial charge in [0, 0.05) is 12.8 Å². The number of nitrogens with one attached hydrogen (secondary N) is 1. The van der Waals surface area contributed by atoms with E-state index in [1.165, 1.54) is 154 Å². The molecule has 0 aromatic heterocycles. The Morgan fingerprint density at radius 2 is 0.887 bits per heavy atom. The van der Waals surface area contributed by atoms with Crippen molar-refractivity contribution in [2.45, 2.75) is 283 Å². The molecule has 0 saturated carbocycles. The van der Waals surface area contributed by atoms with Gasteiger partial charge in [0.15, 0.2) is 0 Å². The highest BCUT2D eigenvalue weighted by atomic mass is 16.5. The van der Waals surface area contributed by atoms with E-state index >= 15 is 0 Å². The van der Waals surface area contributed by atoms with E-state index in [2.05, 4.69) is 67.8 Å². The van der Waals surface area contributed by atoms with E-state index in [9.17, 15) is 19.8 Å². The maximum atomic E-state index is 12.4. The van der Waals surface area contributed by atoms with Gasteiger partial charge < -0.3 is 20.3 Å². The Kier molecular flexibility index (Phi) is 49.6. The van der Waals surface area contributed by atoms with Crippen molar-refractivity contribution in [2.75, 3.05) is 13.2 Å². The number of amides is 1. The van der Waals surface area contributed by atoms with Crippen LogP contribution in [0.25, 0.3) is 0 Å². The van der Waals surface area contributed by atoms with Crippen molar-refractivity contribution in [1.82, 2.24) is 5.32 Å². The number of esters is 1. The molecule has 0 heterocycles. The van der Waals surface area contributed by atoms with Gasteiger partial charge in [0.25, 0.3) is 0 Å². The monoisotopic (exact) mass is 870 g/mol. The number of rotatable bonds is 49. The highest BCUT2D eigenvalue weighted by molar-refractivity contribution is 5.76. The summed E-state index contributed by atoms with van der Waals surface area (Å²) in [5, 5.41) is 23.2. The van der Waals surface area contributed by atoms with Gasteiger partial charge in [0.2, 0.25) is 5.91 Å². The standard InChI is InChI=1S/C56H103NO5/c1-3-5-7-9-11-13-15-24-28-32-36-40-44-48-54(59)53(52-58)57-55(60)49-45-41-37-33-29-26-22-20-18-17-19-21-23-27-31-35-39-43-47-51-62-56(61)50-46-42-38-34-30-25-16-14-12-10-8-6-4-2/h8,10,14,16,21,23,27,31,53-54,58-59H,3-7,9,11-13,15,17-20,22,24-26,28-30,32-52H2,1-2H3,(H,57,60)/b10-8-,16-14-,23-21-,31-27-. The fraction of sp³-hybridized carbons (Fsp3) is 0.821. The molecule has 3 N–H and O–H groups in total. The number of hydrogen-bond acceptors (Lipinski definition) is 5. The third-order valence-electron chi connectivity index (χ3n) is 12.1. The summed E-state index contributed by atoms with van der Waals surface area (Å²) < 4.78 is 5.43. The third kappa shape index (κ3) is 47.3. The minimum absolute atomic E-state index is 0.0294. The van der Waals surface area contributed by atoms with Crippen molar-refractivity contribution in [3.05, 3.63) is 48.6 Å². The first-order valence-electron chi connectivity index (χ1n) is 26.9. The van der Waals surface area contributed by atoms with Gasteiger partial charge in [-0.25, -0.2) is 0 Å². The zero-order chi connectivity index (χ0) is 45.1. The lowest BCUT2D eigenvalue weighted by molar-refractivity contribution is -0.143. The van der Waals surface area contributed by atoms with Gasteiger partial charge in [0.05, 0.1) is 25.4 Å². The maximum Gasteiger partial charge on any atom is 0.305 e. The lowest BCUT2D eigenvalue weighted by atomic mass is 10.0. The molecule has 362 valence electrons. The summed E-state index contributed by atoms with van der Waals surface area (Å²) >= 11 is 0. The van der Waals surface area contributed by atoms with E-state index in [0.717, 1.165) is 83.5 Å². The molecule has 1 amide bonds. The zero-order valence-electron chi connectivity index (χ0n) is 41.1. The maximum absolute atomic E-state index is 12.4. The number of carbonyl (C=O) groups excluding carboxylic acids is 2. The summed E-state index contributed by atoms with van der Waals surface area (Å²) in [5.74, 6) is -0.0757. The first kappa shape index (κ1) is 59.8. The Morgan fingerprint density at radius 3 is 1.39 bits per heavy atom. The first-order chi connectivity index (χ1) is 30.5. The predicted octanol–water partition coefficient (Wildman–Crippen LogP) is 16.2. The molecule has 0 aromatic rings. The van der Waals surface area contributed by atoms with Crippen LogP contribution in [0.2, 0.25) is 0 Å². The van der Waals surface area contributed by atoms with Crippen molar-refractivity contribution in [3.63, 3.8) is 0 Å². The normalized spacial score (nSPS) is 13.0. The number of allylic oxidation sites excluding steroid dienone is 8. The fourth-order valence-corrected chi connectivity index (χ4v) is 7.96. The molecule has 0 aliphatic heterocycles. The second-order valence-electron chi connectivity index (χ2n) is 18.2. The molecule has 2 unspecified atom stereocenters. The molecule has 0 fully saturated rings. The largest absolute Gasteiger partial charge is 0.466 e. The summed E-state index contributed by atoms with van der Waals surface area (Å²) in [5.41, 5.74) is 0. The van der Waals surface area contributed by atoms with Gasteiger partial charge in [-0.05, 0) is 83.5 Å². The molecular weight excluding hydrogens is 767 g/mol. The van der Waals surface area contributed by atoms with Gasteiger partial charge in [-0.3, -0.25) is 9.59 Å². The SMILES string of the molecule is CCC/C=C\C/C=C\CCCCCCCC(=O)OCCCCC/C=C\C=C/CCCCCCCCCCCCC(=O)NC(CO)C(O)CCCCCCCCCCCCCCC. The Balaban J connectivity index is 3.50. The van der Waals surface area contributed by atoms with Crippen LogP contribution in [0.1, 0.15) is 271 Å². The number of hydrogen-bond donors (Lipinski definition) is 3. The van der Waals surface area contributed by atoms with E-state index < -0.39 is 12.1 Å². The number of unbranched alkanes of at least 4 members (excludes halogenated alkanes) is 31. The first-order valence-corrected chi connectivity index (χ1v) is 26.9. The number of aliphatic hydroxyl groups excluding tert-OH is 2. The zero-order valence-corrected chi connectivity index (χ0v) is 41.1. The quantitative estimate of drug-likeness (QED) is 0.0245.